The van der Waals surface area contributed by atoms with Crippen molar-refractivity contribution in [3.05, 3.63) is 101 Å². The number of hydrogen-bond donors (Lipinski definition) is 1. The first-order valence-corrected chi connectivity index (χ1v) is 12.8. The highest BCUT2D eigenvalue weighted by atomic mass is 35.5. The minimum Gasteiger partial charge on any atom is -0.353 e. The number of nitrogens with one attached hydrogen (secondary N) is 1. The van der Waals surface area contributed by atoms with Gasteiger partial charge in [-0.25, -0.2) is 19.3 Å². The Balaban J connectivity index is 1.37. The second kappa shape index (κ2) is 10.0. The van der Waals surface area contributed by atoms with E-state index in [0.29, 0.717) is 64.6 Å². The van der Waals surface area contributed by atoms with Crippen molar-refractivity contribution >= 4 is 46.0 Å². The number of piperazine rings is 1. The zero-order chi connectivity index (χ0) is 26.2. The van der Waals surface area contributed by atoms with Crippen molar-refractivity contribution in [2.45, 2.75) is 0 Å². The molecule has 0 aliphatic carbocycles. The molecule has 0 spiro atoms. The minimum absolute atomic E-state index is 0.312. The average Bonchev–Trinajstić information content (AvgIpc) is 3.33. The first kappa shape index (κ1) is 24.3. The van der Waals surface area contributed by atoms with Gasteiger partial charge in [0.15, 0.2) is 17.0 Å². The zero-order valence-corrected chi connectivity index (χ0v) is 21.7. The summed E-state index contributed by atoms with van der Waals surface area (Å²) in [5, 5.41) is 9.79. The van der Waals surface area contributed by atoms with E-state index >= 15 is 0 Å². The van der Waals surface area contributed by atoms with Crippen LogP contribution in [0.1, 0.15) is 5.56 Å². The summed E-state index contributed by atoms with van der Waals surface area (Å²) >= 11 is 12.8. The highest BCUT2D eigenvalue weighted by Crippen LogP contribution is 2.35. The van der Waals surface area contributed by atoms with E-state index in [1.807, 2.05) is 58.0 Å². The third-order valence-corrected chi connectivity index (χ3v) is 7.22. The summed E-state index contributed by atoms with van der Waals surface area (Å²) in [4.78, 5) is 18.4. The van der Waals surface area contributed by atoms with E-state index in [9.17, 15) is 4.39 Å². The molecular weight excluding hydrogens is 524 g/mol. The number of hydrogen-bond acceptors (Lipinski definition) is 5. The molecule has 0 atom stereocenters. The van der Waals surface area contributed by atoms with Crippen LogP contribution in [-0.4, -0.2) is 56.4 Å². The smallest absolute Gasteiger partial charge is 0.170 e. The van der Waals surface area contributed by atoms with Gasteiger partial charge in [0.25, 0.3) is 0 Å². The fraction of sp³-hybridized carbons (Fsp3) is 0.143. The van der Waals surface area contributed by atoms with E-state index in [4.69, 9.17) is 33.6 Å². The average molecular weight is 546 g/mol. The van der Waals surface area contributed by atoms with Crippen LogP contribution in [0.15, 0.2) is 79.1 Å². The van der Waals surface area contributed by atoms with Gasteiger partial charge in [0, 0.05) is 48.0 Å². The van der Waals surface area contributed by atoms with Crippen LogP contribution in [0.5, 0.6) is 0 Å². The zero-order valence-electron chi connectivity index (χ0n) is 20.2. The quantitative estimate of drug-likeness (QED) is 0.219. The molecule has 7 nitrogen and oxygen atoms in total. The summed E-state index contributed by atoms with van der Waals surface area (Å²) in [5.41, 5.74) is 3.66. The summed E-state index contributed by atoms with van der Waals surface area (Å²) in [7, 11) is 0. The van der Waals surface area contributed by atoms with Crippen molar-refractivity contribution in [3.8, 4) is 17.1 Å². The molecule has 3 heterocycles. The van der Waals surface area contributed by atoms with Crippen molar-refractivity contribution in [1.29, 1.82) is 5.41 Å². The first-order valence-electron chi connectivity index (χ1n) is 12.1. The van der Waals surface area contributed by atoms with Crippen molar-refractivity contribution < 1.29 is 4.39 Å². The van der Waals surface area contributed by atoms with E-state index in [1.165, 1.54) is 12.1 Å². The molecule has 5 aromatic rings. The molecule has 1 fully saturated rings. The molecule has 0 bridgehead atoms. The van der Waals surface area contributed by atoms with Gasteiger partial charge in [0.1, 0.15) is 23.8 Å². The van der Waals surface area contributed by atoms with Gasteiger partial charge in [-0.15, -0.1) is 0 Å². The maximum absolute atomic E-state index is 13.3. The van der Waals surface area contributed by atoms with Crippen LogP contribution in [0.2, 0.25) is 10.0 Å². The van der Waals surface area contributed by atoms with Gasteiger partial charge in [-0.2, -0.15) is 0 Å². The normalized spacial score (nSPS) is 13.8. The van der Waals surface area contributed by atoms with Crippen molar-refractivity contribution in [1.82, 2.24) is 24.4 Å². The summed E-state index contributed by atoms with van der Waals surface area (Å²) in [6, 6.07) is 21.1. The SMILES string of the molecule is N=C(c1ccc(F)cc1)N1CCN(c2ncnc3c2nc(-c2ccccc2Cl)n3-c2ccc(Cl)cc2)CC1. The molecule has 1 aliphatic rings. The van der Waals surface area contributed by atoms with Gasteiger partial charge in [0.05, 0.1) is 5.02 Å². The molecule has 1 aliphatic heterocycles. The third-order valence-electron chi connectivity index (χ3n) is 6.64. The van der Waals surface area contributed by atoms with Gasteiger partial charge in [0.2, 0.25) is 0 Å². The van der Waals surface area contributed by atoms with Gasteiger partial charge in [-0.1, -0.05) is 35.3 Å². The predicted molar refractivity (Wildman–Crippen MR) is 149 cm³/mol. The number of anilines is 1. The fourth-order valence-corrected chi connectivity index (χ4v) is 5.05. The molecule has 0 unspecified atom stereocenters. The summed E-state index contributed by atoms with van der Waals surface area (Å²) in [6.07, 6.45) is 1.55. The largest absolute Gasteiger partial charge is 0.353 e. The molecule has 2 aromatic heterocycles. The number of fused-ring (bicyclic) bond motifs is 1. The first-order chi connectivity index (χ1) is 18.5. The lowest BCUT2D eigenvalue weighted by Crippen LogP contribution is -2.49. The Hall–Kier alpha value is -4.01. The van der Waals surface area contributed by atoms with Crippen LogP contribution >= 0.6 is 23.2 Å². The second-order valence-corrected chi connectivity index (χ2v) is 9.77. The van der Waals surface area contributed by atoms with Crippen LogP contribution in [0.4, 0.5) is 10.2 Å². The molecule has 0 radical (unpaired) electrons. The number of imidazole rings is 1. The van der Waals surface area contributed by atoms with Crippen molar-refractivity contribution in [2.24, 2.45) is 0 Å². The molecule has 3 aromatic carbocycles. The van der Waals surface area contributed by atoms with E-state index in [0.717, 1.165) is 17.1 Å². The molecule has 1 saturated heterocycles. The van der Waals surface area contributed by atoms with Gasteiger partial charge in [-0.3, -0.25) is 9.98 Å². The monoisotopic (exact) mass is 545 g/mol. The molecule has 190 valence electrons. The van der Waals surface area contributed by atoms with Crippen molar-refractivity contribution in [2.75, 3.05) is 31.1 Å². The standard InChI is InChI=1S/C28H22Cl2FN7/c29-19-7-11-21(12-8-19)38-26(22-3-1-2-4-23(22)30)35-24-27(33-17-34-28(24)38)37-15-13-36(14-16-37)25(32)18-5-9-20(31)10-6-18/h1-12,17,32H,13-16H2. The number of halogens is 3. The van der Waals surface area contributed by atoms with E-state index < -0.39 is 0 Å². The lowest BCUT2D eigenvalue weighted by atomic mass is 10.1. The number of rotatable bonds is 4. The molecule has 6 rings (SSSR count). The number of aromatic nitrogens is 4. The Morgan fingerprint density at radius 1 is 0.842 bits per heavy atom. The number of benzene rings is 3. The predicted octanol–water partition coefficient (Wildman–Crippen LogP) is 6.08. The van der Waals surface area contributed by atoms with E-state index in [2.05, 4.69) is 14.9 Å². The summed E-state index contributed by atoms with van der Waals surface area (Å²) in [6.45, 7) is 2.53. The highest BCUT2D eigenvalue weighted by molar-refractivity contribution is 6.33. The molecule has 0 saturated carbocycles. The lowest BCUT2D eigenvalue weighted by molar-refractivity contribution is 0.383. The Bertz CT molecular complexity index is 1630. The maximum atomic E-state index is 13.3. The highest BCUT2D eigenvalue weighted by Gasteiger charge is 2.26. The molecule has 38 heavy (non-hydrogen) atoms. The Morgan fingerprint density at radius 2 is 1.55 bits per heavy atom. The maximum Gasteiger partial charge on any atom is 0.170 e. The minimum atomic E-state index is -0.312. The van der Waals surface area contributed by atoms with Gasteiger partial charge in [-0.05, 0) is 60.7 Å². The van der Waals surface area contributed by atoms with Gasteiger partial charge >= 0.3 is 0 Å². The van der Waals surface area contributed by atoms with Crippen LogP contribution in [0.3, 0.4) is 0 Å². The fourth-order valence-electron chi connectivity index (χ4n) is 4.70. The topological polar surface area (TPSA) is 73.9 Å². The Labute approximate surface area is 228 Å². The molecular formula is C28H22Cl2FN7. The van der Waals surface area contributed by atoms with E-state index in [-0.39, 0.29) is 5.82 Å². The Kier molecular flexibility index (Phi) is 6.43. The third kappa shape index (κ3) is 4.46. The van der Waals surface area contributed by atoms with E-state index in [1.54, 1.807) is 18.5 Å². The molecule has 0 amide bonds. The van der Waals surface area contributed by atoms with Gasteiger partial charge < -0.3 is 9.80 Å². The second-order valence-electron chi connectivity index (χ2n) is 8.93. The van der Waals surface area contributed by atoms with Crippen LogP contribution in [-0.2, 0) is 0 Å². The summed E-state index contributed by atoms with van der Waals surface area (Å²) in [5.74, 6) is 1.45. The lowest BCUT2D eigenvalue weighted by Gasteiger charge is -2.36. The van der Waals surface area contributed by atoms with Crippen molar-refractivity contribution in [3.63, 3.8) is 0 Å². The number of nitrogens with zero attached hydrogens (tertiary/aromatic N) is 6. The molecule has 1 N–H and O–H groups in total. The van der Waals surface area contributed by atoms with Crippen LogP contribution < -0.4 is 4.90 Å². The summed E-state index contributed by atoms with van der Waals surface area (Å²) < 4.78 is 15.3. The molecule has 10 heteroatoms. The Morgan fingerprint density at radius 3 is 2.26 bits per heavy atom. The van der Waals surface area contributed by atoms with Crippen LogP contribution in [0, 0.1) is 11.2 Å². The van der Waals surface area contributed by atoms with Crippen LogP contribution in [0.25, 0.3) is 28.2 Å². The number of amidine groups is 1.